The number of amides is 1. The molecule has 0 bridgehead atoms. The molecule has 0 atom stereocenters. The van der Waals surface area contributed by atoms with E-state index >= 15 is 0 Å². The van der Waals surface area contributed by atoms with E-state index in [-0.39, 0.29) is 17.4 Å². The zero-order chi connectivity index (χ0) is 22.5. The summed E-state index contributed by atoms with van der Waals surface area (Å²) < 4.78 is 60.2. The number of carbonyl (C=O) groups excluding carboxylic acids is 1. The Morgan fingerprint density at radius 2 is 1.84 bits per heavy atom. The summed E-state index contributed by atoms with van der Waals surface area (Å²) in [6.07, 6.45) is 5.40. The molecule has 164 valence electrons. The lowest BCUT2D eigenvalue weighted by Crippen LogP contribution is -2.09. The second kappa shape index (κ2) is 9.45. The van der Waals surface area contributed by atoms with Crippen molar-refractivity contribution in [1.29, 1.82) is 0 Å². The van der Waals surface area contributed by atoms with Crippen molar-refractivity contribution in [3.05, 3.63) is 48.3 Å². The van der Waals surface area contributed by atoms with Crippen molar-refractivity contribution < 1.29 is 31.8 Å². The molecule has 0 unspecified atom stereocenters. The minimum absolute atomic E-state index is 0.0730. The summed E-state index contributed by atoms with van der Waals surface area (Å²) in [6.45, 7) is -2.38. The predicted molar refractivity (Wildman–Crippen MR) is 105 cm³/mol. The summed E-state index contributed by atoms with van der Waals surface area (Å²) in [5.41, 5.74) is 1.16. The molecule has 0 aliphatic rings. The van der Waals surface area contributed by atoms with Gasteiger partial charge in [-0.2, -0.15) is 22.7 Å². The Kier molecular flexibility index (Phi) is 6.73. The highest BCUT2D eigenvalue weighted by Crippen LogP contribution is 2.28. The molecule has 31 heavy (non-hydrogen) atoms. The molecule has 2 heterocycles. The first-order chi connectivity index (χ1) is 14.7. The molecule has 0 fully saturated rings. The van der Waals surface area contributed by atoms with Crippen LogP contribution in [-0.4, -0.2) is 33.9 Å². The molecule has 0 saturated carbocycles. The van der Waals surface area contributed by atoms with Crippen molar-refractivity contribution >= 4 is 28.7 Å². The lowest BCUT2D eigenvalue weighted by atomic mass is 10.1. The Morgan fingerprint density at radius 1 is 1.10 bits per heavy atom. The summed E-state index contributed by atoms with van der Waals surface area (Å²) in [5, 5.41) is 7.58. The number of alkyl halides is 4. The fourth-order valence-electron chi connectivity index (χ4n) is 2.76. The predicted octanol–water partition coefficient (Wildman–Crippen LogP) is 4.87. The van der Waals surface area contributed by atoms with Crippen molar-refractivity contribution in [3.8, 4) is 11.5 Å². The van der Waals surface area contributed by atoms with Crippen LogP contribution in [0.2, 0.25) is 0 Å². The molecule has 2 aromatic heterocycles. The minimum atomic E-state index is -3.19. The zero-order valence-corrected chi connectivity index (χ0v) is 16.4. The van der Waals surface area contributed by atoms with Crippen molar-refractivity contribution in [1.82, 2.24) is 14.8 Å². The maximum Gasteiger partial charge on any atom is 0.387 e. The van der Waals surface area contributed by atoms with E-state index in [1.165, 1.54) is 18.3 Å². The van der Waals surface area contributed by atoms with E-state index in [2.05, 4.69) is 24.9 Å². The highest BCUT2D eigenvalue weighted by molar-refractivity contribution is 6.02. The van der Waals surface area contributed by atoms with Crippen LogP contribution >= 0.6 is 0 Å². The van der Waals surface area contributed by atoms with E-state index in [1.54, 1.807) is 16.9 Å². The number of nitrogens with zero attached hydrogens (tertiary/aromatic N) is 3. The number of halogens is 4. The van der Waals surface area contributed by atoms with Crippen molar-refractivity contribution in [2.24, 2.45) is 0 Å². The average Bonchev–Trinajstić information content (AvgIpc) is 3.10. The van der Waals surface area contributed by atoms with Gasteiger partial charge >= 0.3 is 13.2 Å². The van der Waals surface area contributed by atoms with Crippen LogP contribution in [0.4, 0.5) is 23.2 Å². The fraction of sp³-hybridized carbons (Fsp3) is 0.250. The smallest absolute Gasteiger partial charge is 0.387 e. The Morgan fingerprint density at radius 3 is 2.52 bits per heavy atom. The summed E-state index contributed by atoms with van der Waals surface area (Å²) in [7, 11) is 0. The molecule has 0 spiro atoms. The maximum atomic E-state index is 12.6. The van der Waals surface area contributed by atoms with Gasteiger partial charge in [-0.1, -0.05) is 0 Å². The normalized spacial score (nSPS) is 11.8. The number of nitrogens with one attached hydrogen (secondary N) is 1. The van der Waals surface area contributed by atoms with Gasteiger partial charge in [0.1, 0.15) is 11.5 Å². The van der Waals surface area contributed by atoms with Crippen LogP contribution < -0.4 is 14.8 Å². The van der Waals surface area contributed by atoms with Gasteiger partial charge in [0.15, 0.2) is 5.65 Å². The number of carbonyl (C=O) groups is 1. The van der Waals surface area contributed by atoms with Crippen molar-refractivity contribution in [2.75, 3.05) is 5.32 Å². The number of fused-ring (bicyclic) bond motifs is 1. The molecule has 0 aliphatic carbocycles. The monoisotopic (exact) mass is 438 g/mol. The third-order valence-corrected chi connectivity index (χ3v) is 4.03. The molecule has 3 rings (SSSR count). The van der Waals surface area contributed by atoms with Crippen LogP contribution in [-0.2, 0) is 4.79 Å². The second-order valence-electron chi connectivity index (χ2n) is 6.60. The summed E-state index contributed by atoms with van der Waals surface area (Å²) in [5.74, 6) is -1.33. The van der Waals surface area contributed by atoms with Gasteiger partial charge in [0.05, 0.1) is 18.1 Å². The molecule has 0 radical (unpaired) electrons. The van der Waals surface area contributed by atoms with Gasteiger partial charge in [-0.05, 0) is 38.1 Å². The minimum Gasteiger partial charge on any atom is -0.435 e. The molecular weight excluding hydrogens is 420 g/mol. The summed E-state index contributed by atoms with van der Waals surface area (Å²) in [6, 6.07) is 5.07. The lowest BCUT2D eigenvalue weighted by molar-refractivity contribution is -0.111. The molecule has 0 saturated heterocycles. The summed E-state index contributed by atoms with van der Waals surface area (Å²) >= 11 is 0. The standard InChI is InChI=1S/C20H18F4N4O3/c1-11(2)28-18-13(9-26-28)7-14(10-25-18)27-17(29)6-4-12-3-5-15(30-19(21)22)8-16(12)31-20(23)24/h3-11,19-20H,1-2H3,(H,27,29)/b6-4+. The first-order valence-corrected chi connectivity index (χ1v) is 9.09. The highest BCUT2D eigenvalue weighted by Gasteiger charge is 2.13. The van der Waals surface area contributed by atoms with Crippen LogP contribution in [0.1, 0.15) is 25.5 Å². The number of aromatic nitrogens is 3. The van der Waals surface area contributed by atoms with E-state index in [0.29, 0.717) is 11.3 Å². The number of hydrogen-bond donors (Lipinski definition) is 1. The molecule has 0 aliphatic heterocycles. The zero-order valence-electron chi connectivity index (χ0n) is 16.4. The summed E-state index contributed by atoms with van der Waals surface area (Å²) in [4.78, 5) is 16.5. The van der Waals surface area contributed by atoms with Gasteiger partial charge in [0.25, 0.3) is 0 Å². The Hall–Kier alpha value is -3.63. The highest BCUT2D eigenvalue weighted by atomic mass is 19.3. The van der Waals surface area contributed by atoms with Gasteiger partial charge in [0, 0.05) is 29.1 Å². The first kappa shape index (κ1) is 22.1. The molecular formula is C20H18F4N4O3. The number of pyridine rings is 1. The van der Waals surface area contributed by atoms with Crippen LogP contribution in [0.5, 0.6) is 11.5 Å². The molecule has 1 aromatic carbocycles. The Balaban J connectivity index is 1.75. The van der Waals surface area contributed by atoms with Gasteiger partial charge < -0.3 is 14.8 Å². The van der Waals surface area contributed by atoms with Crippen molar-refractivity contribution in [3.63, 3.8) is 0 Å². The fourth-order valence-corrected chi connectivity index (χ4v) is 2.76. The third kappa shape index (κ3) is 5.71. The largest absolute Gasteiger partial charge is 0.435 e. The van der Waals surface area contributed by atoms with Gasteiger partial charge in [-0.15, -0.1) is 0 Å². The molecule has 1 N–H and O–H groups in total. The van der Waals surface area contributed by atoms with E-state index in [9.17, 15) is 22.4 Å². The number of hydrogen-bond acceptors (Lipinski definition) is 5. The number of anilines is 1. The van der Waals surface area contributed by atoms with E-state index < -0.39 is 24.9 Å². The molecule has 1 amide bonds. The first-order valence-electron chi connectivity index (χ1n) is 9.09. The van der Waals surface area contributed by atoms with Crippen LogP contribution in [0.25, 0.3) is 17.1 Å². The van der Waals surface area contributed by atoms with E-state index in [0.717, 1.165) is 23.6 Å². The average molecular weight is 438 g/mol. The molecule has 11 heteroatoms. The van der Waals surface area contributed by atoms with Crippen molar-refractivity contribution in [2.45, 2.75) is 33.1 Å². The van der Waals surface area contributed by atoms with Crippen LogP contribution in [0, 0.1) is 0 Å². The third-order valence-electron chi connectivity index (χ3n) is 4.03. The number of benzene rings is 1. The maximum absolute atomic E-state index is 12.6. The topological polar surface area (TPSA) is 78.3 Å². The number of rotatable bonds is 8. The second-order valence-corrected chi connectivity index (χ2v) is 6.60. The quantitative estimate of drug-likeness (QED) is 0.401. The Labute approximate surface area is 174 Å². The van der Waals surface area contributed by atoms with Crippen LogP contribution in [0.15, 0.2) is 42.7 Å². The van der Waals surface area contributed by atoms with E-state index in [1.807, 2.05) is 13.8 Å². The SMILES string of the molecule is CC(C)n1ncc2cc(NC(=O)/C=C/c3ccc(OC(F)F)cc3OC(F)F)cnc21. The molecule has 3 aromatic rings. The lowest BCUT2D eigenvalue weighted by Gasteiger charge is -2.11. The van der Waals surface area contributed by atoms with Gasteiger partial charge in [0.2, 0.25) is 5.91 Å². The molecule has 7 nitrogen and oxygen atoms in total. The number of ether oxygens (including phenoxy) is 2. The Bertz CT molecular complexity index is 1100. The van der Waals surface area contributed by atoms with E-state index in [4.69, 9.17) is 0 Å². The van der Waals surface area contributed by atoms with Crippen LogP contribution in [0.3, 0.4) is 0 Å². The van der Waals surface area contributed by atoms with Gasteiger partial charge in [-0.25, -0.2) is 9.67 Å². The van der Waals surface area contributed by atoms with Gasteiger partial charge in [-0.3, -0.25) is 4.79 Å².